The summed E-state index contributed by atoms with van der Waals surface area (Å²) in [5, 5.41) is 0.618. The van der Waals surface area contributed by atoms with Crippen molar-refractivity contribution in [3.05, 3.63) is 23.4 Å². The number of piperidine rings is 1. The molecule has 1 N–H and O–H groups in total. The highest BCUT2D eigenvalue weighted by atomic mass is 35.5. The maximum atomic E-state index is 11.9. The molecule has 0 aromatic carbocycles. The van der Waals surface area contributed by atoms with Crippen LogP contribution < -0.4 is 22.0 Å². The zero-order valence-electron chi connectivity index (χ0n) is 13.7. The Labute approximate surface area is 149 Å². The lowest BCUT2D eigenvalue weighted by atomic mass is 9.95. The van der Waals surface area contributed by atoms with Gasteiger partial charge in [-0.15, -0.1) is 0 Å². The molecule has 1 aromatic rings. The predicted molar refractivity (Wildman–Crippen MR) is 86.3 cm³/mol. The van der Waals surface area contributed by atoms with Gasteiger partial charge in [0, 0.05) is 51.5 Å². The number of rotatable bonds is 6. The highest BCUT2D eigenvalue weighted by Gasteiger charge is 2.27. The molecule has 2 rings (SSSR count). The minimum atomic E-state index is 0. The van der Waals surface area contributed by atoms with Crippen LogP contribution >= 0.6 is 11.6 Å². The number of carbonyl (C=O) groups excluding carboxylic acids is 1. The van der Waals surface area contributed by atoms with E-state index in [2.05, 4.69) is 4.98 Å². The number of likely N-dealkylation sites (tertiary alicyclic amines) is 1. The van der Waals surface area contributed by atoms with E-state index in [9.17, 15) is 4.79 Å². The number of hydrogen-bond donors (Lipinski definition) is 1. The molecule has 0 spiro atoms. The molecule has 0 radical (unpaired) electrons. The summed E-state index contributed by atoms with van der Waals surface area (Å²) >= 11 is 5.78. The van der Waals surface area contributed by atoms with E-state index in [0.29, 0.717) is 17.5 Å². The van der Waals surface area contributed by atoms with Crippen molar-refractivity contribution in [3.63, 3.8) is 0 Å². The van der Waals surface area contributed by atoms with E-state index < -0.39 is 0 Å². The fourth-order valence-corrected chi connectivity index (χ4v) is 2.95. The molecular formula is C16H25Cl2N3O2. The van der Waals surface area contributed by atoms with E-state index in [1.165, 1.54) is 0 Å². The van der Waals surface area contributed by atoms with Gasteiger partial charge in [-0.25, -0.2) is 4.98 Å². The summed E-state index contributed by atoms with van der Waals surface area (Å²) < 4.78 is 5.60. The molecule has 1 saturated heterocycles. The number of nitrogens with one attached hydrogen (secondary N) is 1. The zero-order chi connectivity index (χ0) is 15.9. The van der Waals surface area contributed by atoms with Gasteiger partial charge in [0.1, 0.15) is 0 Å². The van der Waals surface area contributed by atoms with Gasteiger partial charge in [-0.2, -0.15) is 0 Å². The van der Waals surface area contributed by atoms with E-state index >= 15 is 0 Å². The number of ether oxygens (including phenoxy) is 1. The third kappa shape index (κ3) is 6.53. The van der Waals surface area contributed by atoms with Gasteiger partial charge >= 0.3 is 0 Å². The first-order valence-electron chi connectivity index (χ1n) is 7.85. The minimum absolute atomic E-state index is 0. The molecule has 0 bridgehead atoms. The summed E-state index contributed by atoms with van der Waals surface area (Å²) in [6, 6.07) is 3.56. The van der Waals surface area contributed by atoms with E-state index in [4.69, 9.17) is 16.3 Å². The van der Waals surface area contributed by atoms with E-state index in [-0.39, 0.29) is 24.2 Å². The number of nitrogens with zero attached hydrogens (tertiary/aromatic N) is 2. The summed E-state index contributed by atoms with van der Waals surface area (Å²) in [6.07, 6.45) is 4.57. The van der Waals surface area contributed by atoms with Crippen molar-refractivity contribution in [1.82, 2.24) is 9.88 Å². The van der Waals surface area contributed by atoms with Gasteiger partial charge < -0.3 is 26.9 Å². The summed E-state index contributed by atoms with van der Waals surface area (Å²) in [7, 11) is 3.67. The van der Waals surface area contributed by atoms with Crippen LogP contribution in [0.3, 0.4) is 0 Å². The van der Waals surface area contributed by atoms with Gasteiger partial charge in [-0.05, 0) is 6.07 Å². The fraction of sp³-hybridized carbons (Fsp3) is 0.625. The molecule has 0 saturated carbocycles. The molecule has 130 valence electrons. The lowest BCUT2D eigenvalue weighted by Gasteiger charge is -2.29. The number of quaternary nitrogens is 1. The zero-order valence-corrected chi connectivity index (χ0v) is 15.2. The van der Waals surface area contributed by atoms with Crippen molar-refractivity contribution in [2.24, 2.45) is 5.92 Å². The molecule has 0 aliphatic carbocycles. The molecule has 1 aromatic heterocycles. The Hall–Kier alpha value is -1.04. The number of aromatic nitrogens is 1. The molecule has 1 aliphatic heterocycles. The first kappa shape index (κ1) is 20.0. The Morgan fingerprint density at radius 3 is 2.65 bits per heavy atom. The lowest BCUT2D eigenvalue weighted by Crippen LogP contribution is -3.13. The Morgan fingerprint density at radius 2 is 2.09 bits per heavy atom. The summed E-state index contributed by atoms with van der Waals surface area (Å²) in [4.78, 5) is 19.3. The van der Waals surface area contributed by atoms with Crippen LogP contribution in [0.2, 0.25) is 5.02 Å². The molecule has 0 atom stereocenters. The third-order valence-corrected chi connectivity index (χ3v) is 4.33. The van der Waals surface area contributed by atoms with Crippen molar-refractivity contribution >= 4 is 17.5 Å². The largest absolute Gasteiger partial charge is 1.00 e. The Morgan fingerprint density at radius 1 is 1.39 bits per heavy atom. The molecular weight excluding hydrogens is 337 g/mol. The molecule has 5 nitrogen and oxygen atoms in total. The second-order valence-electron chi connectivity index (χ2n) is 6.02. The van der Waals surface area contributed by atoms with Crippen molar-refractivity contribution in [2.75, 3.05) is 40.3 Å². The standard InChI is InChI=1S/C16H24ClN3O2.ClH/c1-19(2)16(21)13-6-9-20(10-7-13)8-3-11-22-15-5-4-14(17)12-18-15;/h4-5,12-13H,3,6-11H2,1-2H3;1H. The smallest absolute Gasteiger partial charge is 0.225 e. The molecule has 23 heavy (non-hydrogen) atoms. The first-order valence-corrected chi connectivity index (χ1v) is 8.23. The molecule has 1 fully saturated rings. The van der Waals surface area contributed by atoms with Gasteiger partial charge in [-0.1, -0.05) is 11.6 Å². The van der Waals surface area contributed by atoms with Gasteiger partial charge in [0.2, 0.25) is 11.8 Å². The second-order valence-corrected chi connectivity index (χ2v) is 6.46. The van der Waals surface area contributed by atoms with Crippen LogP contribution in [-0.2, 0) is 4.79 Å². The highest BCUT2D eigenvalue weighted by Crippen LogP contribution is 2.12. The molecule has 1 aliphatic rings. The number of hydrogen-bond acceptors (Lipinski definition) is 3. The van der Waals surface area contributed by atoms with Gasteiger partial charge in [-0.3, -0.25) is 4.79 Å². The fourth-order valence-electron chi connectivity index (χ4n) is 2.83. The highest BCUT2D eigenvalue weighted by molar-refractivity contribution is 6.30. The number of pyridine rings is 1. The van der Waals surface area contributed by atoms with Crippen molar-refractivity contribution in [3.8, 4) is 5.88 Å². The van der Waals surface area contributed by atoms with Crippen LogP contribution in [0.25, 0.3) is 0 Å². The maximum absolute atomic E-state index is 11.9. The Bertz CT molecular complexity index is 475. The lowest BCUT2D eigenvalue weighted by molar-refractivity contribution is -0.906. The quantitative estimate of drug-likeness (QED) is 0.590. The Kier molecular flexibility index (Phi) is 8.66. The number of amides is 1. The third-order valence-electron chi connectivity index (χ3n) is 4.11. The normalized spacial score (nSPS) is 20.5. The molecule has 1 amide bonds. The summed E-state index contributed by atoms with van der Waals surface area (Å²) in [5.74, 6) is 1.11. The topological polar surface area (TPSA) is 46.9 Å². The predicted octanol–water partition coefficient (Wildman–Crippen LogP) is -2.11. The van der Waals surface area contributed by atoms with Crippen LogP contribution in [-0.4, -0.2) is 56.1 Å². The van der Waals surface area contributed by atoms with Crippen LogP contribution in [0.15, 0.2) is 18.3 Å². The van der Waals surface area contributed by atoms with Crippen molar-refractivity contribution in [1.29, 1.82) is 0 Å². The number of halogens is 2. The second kappa shape index (κ2) is 9.96. The maximum Gasteiger partial charge on any atom is 0.225 e. The Balaban J connectivity index is 0.00000264. The molecule has 0 unspecified atom stereocenters. The minimum Gasteiger partial charge on any atom is -1.00 e. The van der Waals surface area contributed by atoms with Crippen molar-refractivity contribution < 1.29 is 26.8 Å². The van der Waals surface area contributed by atoms with E-state index in [1.807, 2.05) is 14.1 Å². The van der Waals surface area contributed by atoms with Crippen LogP contribution in [0.1, 0.15) is 19.3 Å². The summed E-state index contributed by atoms with van der Waals surface area (Å²) in [6.45, 7) is 3.89. The van der Waals surface area contributed by atoms with Crippen LogP contribution in [0.4, 0.5) is 0 Å². The number of carbonyl (C=O) groups is 1. The van der Waals surface area contributed by atoms with Crippen molar-refractivity contribution in [2.45, 2.75) is 19.3 Å². The van der Waals surface area contributed by atoms with E-state index in [1.54, 1.807) is 28.1 Å². The summed E-state index contributed by atoms with van der Waals surface area (Å²) in [5.41, 5.74) is 0. The van der Waals surface area contributed by atoms with Gasteiger partial charge in [0.25, 0.3) is 0 Å². The SMILES string of the molecule is CN(C)C(=O)C1CC[NH+](CCCOc2ccc(Cl)cn2)CC1.[Cl-]. The molecule has 2 heterocycles. The van der Waals surface area contributed by atoms with Gasteiger partial charge in [0.15, 0.2) is 0 Å². The first-order chi connectivity index (χ1) is 10.6. The monoisotopic (exact) mass is 361 g/mol. The van der Waals surface area contributed by atoms with Gasteiger partial charge in [0.05, 0.1) is 31.3 Å². The average molecular weight is 362 g/mol. The van der Waals surface area contributed by atoms with Crippen LogP contribution in [0.5, 0.6) is 5.88 Å². The molecule has 7 heteroatoms. The van der Waals surface area contributed by atoms with Crippen LogP contribution in [0, 0.1) is 5.92 Å². The van der Waals surface area contributed by atoms with E-state index in [0.717, 1.165) is 38.9 Å². The average Bonchev–Trinajstić information content (AvgIpc) is 2.53.